The zero-order chi connectivity index (χ0) is 17.5. The largest absolute Gasteiger partial charge is 0.354 e. The first-order valence-electron chi connectivity index (χ1n) is 7.54. The molecule has 1 aromatic carbocycles. The van der Waals surface area contributed by atoms with E-state index in [-0.39, 0.29) is 24.2 Å². The summed E-state index contributed by atoms with van der Waals surface area (Å²) in [6, 6.07) is 7.28. The van der Waals surface area contributed by atoms with E-state index in [1.165, 1.54) is 10.9 Å². The summed E-state index contributed by atoms with van der Waals surface area (Å²) in [5, 5.41) is 20.2. The molecule has 1 heterocycles. The number of halogens is 2. The number of hydrogen-bond acceptors (Lipinski definition) is 4. The van der Waals surface area contributed by atoms with Gasteiger partial charge in [-0.15, -0.1) is 10.2 Å². The summed E-state index contributed by atoms with van der Waals surface area (Å²) in [6.45, 7) is 2.54. The molecule has 0 spiro atoms. The maximum Gasteiger partial charge on any atom is 0.240 e. The first-order chi connectivity index (χ1) is 11.5. The van der Waals surface area contributed by atoms with E-state index in [1.807, 2.05) is 12.1 Å². The molecule has 2 aromatic rings. The monoisotopic (exact) mass is 365 g/mol. The number of amides is 1. The molecular weight excluding hydrogens is 349 g/mol. The Morgan fingerprint density at radius 2 is 2.25 bits per heavy atom. The molecule has 0 radical (unpaired) electrons. The van der Waals surface area contributed by atoms with Crippen LogP contribution in [-0.2, 0) is 11.3 Å². The first kappa shape index (κ1) is 18.2. The maximum absolute atomic E-state index is 12.1. The Bertz CT molecular complexity index is 753. The van der Waals surface area contributed by atoms with Gasteiger partial charge in [0.15, 0.2) is 0 Å². The van der Waals surface area contributed by atoms with Crippen molar-refractivity contribution in [1.29, 1.82) is 5.26 Å². The summed E-state index contributed by atoms with van der Waals surface area (Å²) < 4.78 is 1.40. The van der Waals surface area contributed by atoms with Crippen LogP contribution in [0, 0.1) is 11.3 Å². The molecule has 126 valence electrons. The Morgan fingerprint density at radius 1 is 1.46 bits per heavy atom. The van der Waals surface area contributed by atoms with Crippen LogP contribution >= 0.6 is 23.2 Å². The summed E-state index contributed by atoms with van der Waals surface area (Å²) in [4.78, 5) is 12.1. The van der Waals surface area contributed by atoms with Gasteiger partial charge in [0.05, 0.1) is 0 Å². The fraction of sp³-hybridized carbons (Fsp3) is 0.375. The first-order valence-corrected chi connectivity index (χ1v) is 8.30. The molecule has 0 aliphatic carbocycles. The summed E-state index contributed by atoms with van der Waals surface area (Å²) in [5.74, 6) is -0.00596. The number of nitrogens with zero attached hydrogens (tertiary/aromatic N) is 4. The molecule has 1 aromatic heterocycles. The lowest BCUT2D eigenvalue weighted by molar-refractivity contribution is -0.121. The third-order valence-electron chi connectivity index (χ3n) is 3.61. The number of nitriles is 1. The van der Waals surface area contributed by atoms with Crippen molar-refractivity contribution in [3.63, 3.8) is 0 Å². The van der Waals surface area contributed by atoms with Gasteiger partial charge >= 0.3 is 0 Å². The van der Waals surface area contributed by atoms with Gasteiger partial charge in [-0.2, -0.15) is 5.26 Å². The minimum Gasteiger partial charge on any atom is -0.354 e. The molecule has 0 aliphatic rings. The van der Waals surface area contributed by atoms with Crippen LogP contribution in [0.15, 0.2) is 24.5 Å². The van der Waals surface area contributed by atoms with E-state index in [1.54, 1.807) is 12.1 Å². The Labute approximate surface area is 150 Å². The van der Waals surface area contributed by atoms with Crippen LogP contribution in [0.3, 0.4) is 0 Å². The van der Waals surface area contributed by atoms with E-state index in [4.69, 9.17) is 28.5 Å². The average Bonchev–Trinajstić information content (AvgIpc) is 2.99. The highest BCUT2D eigenvalue weighted by Crippen LogP contribution is 2.30. The standard InChI is InChI=1S/C16H17Cl2N5O/c1-2-3-11(13-5-4-12(17)6-14(13)18)8-20-16(24)9-23-10-21-22-15(23)7-19/h4-6,10-11H,2-3,8-9H2,1H3,(H,20,24). The van der Waals surface area contributed by atoms with E-state index >= 15 is 0 Å². The van der Waals surface area contributed by atoms with Crippen LogP contribution in [0.1, 0.15) is 37.1 Å². The highest BCUT2D eigenvalue weighted by molar-refractivity contribution is 6.35. The summed E-state index contributed by atoms with van der Waals surface area (Å²) in [7, 11) is 0. The Balaban J connectivity index is 2.01. The van der Waals surface area contributed by atoms with Crippen molar-refractivity contribution < 1.29 is 4.79 Å². The van der Waals surface area contributed by atoms with E-state index < -0.39 is 0 Å². The number of nitrogens with one attached hydrogen (secondary N) is 1. The van der Waals surface area contributed by atoms with Crippen molar-refractivity contribution in [2.24, 2.45) is 0 Å². The molecule has 1 unspecified atom stereocenters. The Kier molecular flexibility index (Phi) is 6.59. The molecular formula is C16H17Cl2N5O. The predicted molar refractivity (Wildman–Crippen MR) is 91.9 cm³/mol. The highest BCUT2D eigenvalue weighted by atomic mass is 35.5. The number of benzene rings is 1. The van der Waals surface area contributed by atoms with Crippen LogP contribution in [0.5, 0.6) is 0 Å². The second kappa shape index (κ2) is 8.67. The van der Waals surface area contributed by atoms with Crippen LogP contribution < -0.4 is 5.32 Å². The minimum absolute atomic E-state index is 0.00306. The molecule has 0 saturated carbocycles. The van der Waals surface area contributed by atoms with Gasteiger partial charge in [0.2, 0.25) is 11.7 Å². The van der Waals surface area contributed by atoms with Gasteiger partial charge in [0.1, 0.15) is 18.9 Å². The predicted octanol–water partition coefficient (Wildman–Crippen LogP) is 3.16. The van der Waals surface area contributed by atoms with Crippen LogP contribution in [-0.4, -0.2) is 27.2 Å². The lowest BCUT2D eigenvalue weighted by atomic mass is 9.94. The number of aromatic nitrogens is 3. The Hall–Kier alpha value is -2.10. The van der Waals surface area contributed by atoms with Crippen molar-refractivity contribution in [2.45, 2.75) is 32.2 Å². The van der Waals surface area contributed by atoms with Gasteiger partial charge in [-0.25, -0.2) is 0 Å². The van der Waals surface area contributed by atoms with E-state index in [0.717, 1.165) is 18.4 Å². The third kappa shape index (κ3) is 4.70. The molecule has 24 heavy (non-hydrogen) atoms. The zero-order valence-electron chi connectivity index (χ0n) is 13.2. The molecule has 0 fully saturated rings. The zero-order valence-corrected chi connectivity index (χ0v) is 14.7. The minimum atomic E-state index is -0.211. The molecule has 0 bridgehead atoms. The van der Waals surface area contributed by atoms with Crippen LogP contribution in [0.4, 0.5) is 0 Å². The van der Waals surface area contributed by atoms with Gasteiger partial charge in [0.25, 0.3) is 0 Å². The van der Waals surface area contributed by atoms with Crippen molar-refractivity contribution >= 4 is 29.1 Å². The van der Waals surface area contributed by atoms with Crippen LogP contribution in [0.2, 0.25) is 10.0 Å². The van der Waals surface area contributed by atoms with Gasteiger partial charge in [0, 0.05) is 22.5 Å². The van der Waals surface area contributed by atoms with E-state index in [2.05, 4.69) is 22.4 Å². The number of hydrogen-bond donors (Lipinski definition) is 1. The number of rotatable bonds is 7. The number of carbonyl (C=O) groups is 1. The third-order valence-corrected chi connectivity index (χ3v) is 4.18. The normalized spacial score (nSPS) is 11.8. The number of carbonyl (C=O) groups excluding carboxylic acids is 1. The summed E-state index contributed by atoms with van der Waals surface area (Å²) in [6.07, 6.45) is 3.21. The maximum atomic E-state index is 12.1. The molecule has 0 aliphatic heterocycles. The van der Waals surface area contributed by atoms with E-state index in [9.17, 15) is 4.79 Å². The van der Waals surface area contributed by atoms with Gasteiger partial charge in [-0.3, -0.25) is 9.36 Å². The van der Waals surface area contributed by atoms with Gasteiger partial charge in [-0.1, -0.05) is 42.6 Å². The smallest absolute Gasteiger partial charge is 0.240 e. The fourth-order valence-corrected chi connectivity index (χ4v) is 3.02. The van der Waals surface area contributed by atoms with Crippen molar-refractivity contribution in [2.75, 3.05) is 6.54 Å². The molecule has 8 heteroatoms. The van der Waals surface area contributed by atoms with Crippen LogP contribution in [0.25, 0.3) is 0 Å². The van der Waals surface area contributed by atoms with E-state index in [0.29, 0.717) is 16.6 Å². The van der Waals surface area contributed by atoms with Crippen molar-refractivity contribution in [1.82, 2.24) is 20.1 Å². The average molecular weight is 366 g/mol. The highest BCUT2D eigenvalue weighted by Gasteiger charge is 2.16. The fourth-order valence-electron chi connectivity index (χ4n) is 2.45. The molecule has 1 amide bonds. The second-order valence-electron chi connectivity index (χ2n) is 5.35. The quantitative estimate of drug-likeness (QED) is 0.816. The molecule has 6 nitrogen and oxygen atoms in total. The van der Waals surface area contributed by atoms with Gasteiger partial charge < -0.3 is 5.32 Å². The van der Waals surface area contributed by atoms with Gasteiger partial charge in [-0.05, 0) is 24.1 Å². The van der Waals surface area contributed by atoms with Crippen molar-refractivity contribution in [3.8, 4) is 6.07 Å². The molecule has 1 atom stereocenters. The molecule has 0 saturated heterocycles. The molecule has 1 N–H and O–H groups in total. The Morgan fingerprint density at radius 3 is 2.92 bits per heavy atom. The molecule has 2 rings (SSSR count). The van der Waals surface area contributed by atoms with Crippen molar-refractivity contribution in [3.05, 3.63) is 46.0 Å². The topological polar surface area (TPSA) is 83.6 Å². The second-order valence-corrected chi connectivity index (χ2v) is 6.19. The summed E-state index contributed by atoms with van der Waals surface area (Å²) in [5.41, 5.74) is 0.963. The lowest BCUT2D eigenvalue weighted by Crippen LogP contribution is -2.31. The summed E-state index contributed by atoms with van der Waals surface area (Å²) >= 11 is 12.2. The SMILES string of the molecule is CCCC(CNC(=O)Cn1cnnc1C#N)c1ccc(Cl)cc1Cl. The lowest BCUT2D eigenvalue weighted by Gasteiger charge is -2.19.